The van der Waals surface area contributed by atoms with Gasteiger partial charge in [-0.25, -0.2) is 4.98 Å². The van der Waals surface area contributed by atoms with Crippen molar-refractivity contribution >= 4 is 11.8 Å². The minimum absolute atomic E-state index is 0.0972. The summed E-state index contributed by atoms with van der Waals surface area (Å²) in [5.41, 5.74) is 0.680. The number of nitrogens with one attached hydrogen (secondary N) is 2. The van der Waals surface area contributed by atoms with E-state index >= 15 is 0 Å². The molecule has 0 fully saturated rings. The highest BCUT2D eigenvalue weighted by molar-refractivity contribution is 5.48. The van der Waals surface area contributed by atoms with Gasteiger partial charge in [0.15, 0.2) is 0 Å². The third kappa shape index (κ3) is 3.32. The normalized spacial score (nSPS) is 11.4. The predicted octanol–water partition coefficient (Wildman–Crippen LogP) is 2.18. The van der Waals surface area contributed by atoms with Crippen LogP contribution in [0.4, 0.5) is 11.8 Å². The summed E-state index contributed by atoms with van der Waals surface area (Å²) in [6.07, 6.45) is 3.49. The molecule has 1 aromatic heterocycles. The first-order valence-electron chi connectivity index (χ1n) is 6.57. The highest BCUT2D eigenvalue weighted by atomic mass is 16.3. The van der Waals surface area contributed by atoms with Crippen molar-refractivity contribution in [3.63, 3.8) is 0 Å². The molecule has 5 nitrogen and oxygen atoms in total. The molecule has 1 rings (SSSR count). The van der Waals surface area contributed by atoms with Crippen LogP contribution >= 0.6 is 0 Å². The Morgan fingerprint density at radius 2 is 1.94 bits per heavy atom. The number of anilines is 2. The SMILES string of the molecule is CCNc1ncc(C)c(NC(CC)(CC)CO)n1. The van der Waals surface area contributed by atoms with Crippen molar-refractivity contribution < 1.29 is 5.11 Å². The smallest absolute Gasteiger partial charge is 0.224 e. The third-order valence-electron chi connectivity index (χ3n) is 3.35. The van der Waals surface area contributed by atoms with Gasteiger partial charge in [-0.2, -0.15) is 4.98 Å². The van der Waals surface area contributed by atoms with Gasteiger partial charge < -0.3 is 15.7 Å². The Balaban J connectivity index is 2.97. The van der Waals surface area contributed by atoms with Gasteiger partial charge in [-0.05, 0) is 26.7 Å². The van der Waals surface area contributed by atoms with E-state index in [1.807, 2.05) is 13.8 Å². The van der Waals surface area contributed by atoms with Gasteiger partial charge in [-0.15, -0.1) is 0 Å². The van der Waals surface area contributed by atoms with Gasteiger partial charge in [0.1, 0.15) is 5.82 Å². The van der Waals surface area contributed by atoms with Gasteiger partial charge >= 0.3 is 0 Å². The maximum absolute atomic E-state index is 9.58. The van der Waals surface area contributed by atoms with E-state index in [2.05, 4.69) is 34.4 Å². The minimum Gasteiger partial charge on any atom is -0.394 e. The number of aliphatic hydroxyl groups is 1. The van der Waals surface area contributed by atoms with E-state index in [-0.39, 0.29) is 12.1 Å². The minimum atomic E-state index is -0.303. The van der Waals surface area contributed by atoms with Crippen LogP contribution in [0.3, 0.4) is 0 Å². The summed E-state index contributed by atoms with van der Waals surface area (Å²) in [6, 6.07) is 0. The largest absolute Gasteiger partial charge is 0.394 e. The highest BCUT2D eigenvalue weighted by Gasteiger charge is 2.26. The average Bonchev–Trinajstić information content (AvgIpc) is 2.40. The summed E-state index contributed by atoms with van der Waals surface area (Å²) in [6.45, 7) is 8.98. The van der Waals surface area contributed by atoms with Crippen LogP contribution in [0.1, 0.15) is 39.2 Å². The Labute approximate surface area is 109 Å². The number of aryl methyl sites for hydroxylation is 1. The number of rotatable bonds is 7. The van der Waals surface area contributed by atoms with Crippen molar-refractivity contribution in [3.8, 4) is 0 Å². The van der Waals surface area contributed by atoms with Gasteiger partial charge in [-0.1, -0.05) is 13.8 Å². The lowest BCUT2D eigenvalue weighted by Gasteiger charge is -2.32. The Morgan fingerprint density at radius 3 is 2.44 bits per heavy atom. The van der Waals surface area contributed by atoms with Crippen LogP contribution in [0.25, 0.3) is 0 Å². The van der Waals surface area contributed by atoms with E-state index in [4.69, 9.17) is 0 Å². The summed E-state index contributed by atoms with van der Waals surface area (Å²) in [4.78, 5) is 8.66. The molecule has 0 saturated carbocycles. The number of aliphatic hydroxyl groups excluding tert-OH is 1. The van der Waals surface area contributed by atoms with E-state index in [9.17, 15) is 5.11 Å². The fourth-order valence-corrected chi connectivity index (χ4v) is 1.75. The van der Waals surface area contributed by atoms with Crippen molar-refractivity contribution in [2.45, 2.75) is 46.1 Å². The molecule has 0 spiro atoms. The predicted molar refractivity (Wildman–Crippen MR) is 75.0 cm³/mol. The second-order valence-electron chi connectivity index (χ2n) is 4.53. The number of hydrogen-bond acceptors (Lipinski definition) is 5. The van der Waals surface area contributed by atoms with Crippen LogP contribution in [0.5, 0.6) is 0 Å². The fourth-order valence-electron chi connectivity index (χ4n) is 1.75. The first kappa shape index (κ1) is 14.7. The zero-order valence-corrected chi connectivity index (χ0v) is 11.7. The lowest BCUT2D eigenvalue weighted by molar-refractivity contribution is 0.202. The van der Waals surface area contributed by atoms with Gasteiger partial charge in [0.25, 0.3) is 0 Å². The lowest BCUT2D eigenvalue weighted by Crippen LogP contribution is -2.41. The average molecular weight is 252 g/mol. The maximum atomic E-state index is 9.58. The monoisotopic (exact) mass is 252 g/mol. The van der Waals surface area contributed by atoms with E-state index in [0.717, 1.165) is 30.8 Å². The van der Waals surface area contributed by atoms with Crippen LogP contribution in [-0.4, -0.2) is 33.8 Å². The van der Waals surface area contributed by atoms with Gasteiger partial charge in [0.2, 0.25) is 5.95 Å². The first-order chi connectivity index (χ1) is 8.60. The summed E-state index contributed by atoms with van der Waals surface area (Å²) in [7, 11) is 0. The van der Waals surface area contributed by atoms with Crippen molar-refractivity contribution in [3.05, 3.63) is 11.8 Å². The van der Waals surface area contributed by atoms with Gasteiger partial charge in [-0.3, -0.25) is 0 Å². The molecule has 0 aliphatic heterocycles. The summed E-state index contributed by atoms with van der Waals surface area (Å²) < 4.78 is 0. The Bertz CT molecular complexity index is 369. The third-order valence-corrected chi connectivity index (χ3v) is 3.35. The number of aromatic nitrogens is 2. The van der Waals surface area contributed by atoms with Gasteiger partial charge in [0.05, 0.1) is 12.1 Å². The van der Waals surface area contributed by atoms with Crippen LogP contribution < -0.4 is 10.6 Å². The van der Waals surface area contributed by atoms with Crippen LogP contribution in [0, 0.1) is 6.92 Å². The zero-order chi connectivity index (χ0) is 13.6. The molecule has 0 aliphatic rings. The second kappa shape index (κ2) is 6.54. The van der Waals surface area contributed by atoms with E-state index in [0.29, 0.717) is 5.95 Å². The van der Waals surface area contributed by atoms with E-state index in [1.54, 1.807) is 6.20 Å². The molecule has 0 amide bonds. The molecule has 102 valence electrons. The second-order valence-corrected chi connectivity index (χ2v) is 4.53. The van der Waals surface area contributed by atoms with Crippen molar-refractivity contribution in [1.82, 2.24) is 9.97 Å². The molecule has 5 heteroatoms. The summed E-state index contributed by atoms with van der Waals surface area (Å²) >= 11 is 0. The molecule has 0 bridgehead atoms. The van der Waals surface area contributed by atoms with Crippen LogP contribution in [0.2, 0.25) is 0 Å². The molecule has 1 heterocycles. The molecule has 1 aromatic rings. The summed E-state index contributed by atoms with van der Waals surface area (Å²) in [5, 5.41) is 16.0. The molecule has 0 radical (unpaired) electrons. The fraction of sp³-hybridized carbons (Fsp3) is 0.692. The molecule has 3 N–H and O–H groups in total. The standard InChI is InChI=1S/C13H24N4O/c1-5-13(6-2,9-18)17-11-10(4)8-15-12(16-11)14-7-3/h8,18H,5-7,9H2,1-4H3,(H2,14,15,16,17). The van der Waals surface area contributed by atoms with E-state index in [1.165, 1.54) is 0 Å². The van der Waals surface area contributed by atoms with Crippen molar-refractivity contribution in [2.75, 3.05) is 23.8 Å². The molecule has 0 unspecified atom stereocenters. The van der Waals surface area contributed by atoms with Crippen LogP contribution in [0.15, 0.2) is 6.20 Å². The quantitative estimate of drug-likeness (QED) is 0.694. The van der Waals surface area contributed by atoms with Crippen molar-refractivity contribution in [1.29, 1.82) is 0 Å². The van der Waals surface area contributed by atoms with Crippen molar-refractivity contribution in [2.24, 2.45) is 0 Å². The number of nitrogens with zero attached hydrogens (tertiary/aromatic N) is 2. The topological polar surface area (TPSA) is 70.1 Å². The molecule has 0 aliphatic carbocycles. The lowest BCUT2D eigenvalue weighted by atomic mass is 9.94. The Hall–Kier alpha value is -1.36. The van der Waals surface area contributed by atoms with E-state index < -0.39 is 0 Å². The maximum Gasteiger partial charge on any atom is 0.224 e. The highest BCUT2D eigenvalue weighted by Crippen LogP contribution is 2.23. The molecule has 0 atom stereocenters. The molecular formula is C13H24N4O. The Kier molecular flexibility index (Phi) is 5.34. The van der Waals surface area contributed by atoms with Crippen LogP contribution in [-0.2, 0) is 0 Å². The first-order valence-corrected chi connectivity index (χ1v) is 6.57. The zero-order valence-electron chi connectivity index (χ0n) is 11.7. The summed E-state index contributed by atoms with van der Waals surface area (Å²) in [5.74, 6) is 1.41. The number of hydrogen-bond donors (Lipinski definition) is 3. The molecule has 0 aromatic carbocycles. The molecular weight excluding hydrogens is 228 g/mol. The Morgan fingerprint density at radius 1 is 1.28 bits per heavy atom. The molecule has 18 heavy (non-hydrogen) atoms. The molecule has 0 saturated heterocycles. The van der Waals surface area contributed by atoms with Gasteiger partial charge in [0, 0.05) is 18.3 Å².